The Morgan fingerprint density at radius 3 is 3.12 bits per heavy atom. The average Bonchev–Trinajstić information content (AvgIpc) is 2.71. The molecule has 0 bridgehead atoms. The Hall–Kier alpha value is -1.17. The van der Waals surface area contributed by atoms with Crippen LogP contribution in [0.3, 0.4) is 0 Å². The second kappa shape index (κ2) is 4.25. The van der Waals surface area contributed by atoms with Gasteiger partial charge < -0.3 is 4.90 Å². The Bertz CT molecular complexity index is 538. The SMILES string of the molecule is Cn1ncc2c(N3CCCC(Br)C3)ncnc21. The standard InChI is InChI=1S/C11H14BrN5/c1-16-10-9(5-15-16)11(14-7-13-10)17-4-2-3-8(12)6-17/h5,7-8H,2-4,6H2,1H3. The Morgan fingerprint density at radius 1 is 1.41 bits per heavy atom. The number of rotatable bonds is 1. The number of alkyl halides is 1. The summed E-state index contributed by atoms with van der Waals surface area (Å²) in [5.74, 6) is 1.01. The molecule has 0 N–H and O–H groups in total. The van der Waals surface area contributed by atoms with Crippen LogP contribution in [0.1, 0.15) is 12.8 Å². The van der Waals surface area contributed by atoms with Gasteiger partial charge in [-0.3, -0.25) is 4.68 Å². The van der Waals surface area contributed by atoms with Gasteiger partial charge >= 0.3 is 0 Å². The van der Waals surface area contributed by atoms with E-state index >= 15 is 0 Å². The minimum Gasteiger partial charge on any atom is -0.355 e. The molecule has 0 amide bonds. The topological polar surface area (TPSA) is 46.8 Å². The molecule has 1 unspecified atom stereocenters. The molecule has 0 aromatic carbocycles. The van der Waals surface area contributed by atoms with E-state index in [0.29, 0.717) is 4.83 Å². The first-order valence-electron chi connectivity index (χ1n) is 5.77. The van der Waals surface area contributed by atoms with E-state index < -0.39 is 0 Å². The average molecular weight is 296 g/mol. The van der Waals surface area contributed by atoms with Crippen LogP contribution in [0.5, 0.6) is 0 Å². The quantitative estimate of drug-likeness (QED) is 0.752. The summed E-state index contributed by atoms with van der Waals surface area (Å²) in [5.41, 5.74) is 0.895. The third kappa shape index (κ3) is 1.90. The third-order valence-corrected chi connectivity index (χ3v) is 3.92. The fourth-order valence-corrected chi connectivity index (χ4v) is 2.99. The molecule has 90 valence electrons. The normalized spacial score (nSPS) is 21.1. The fraction of sp³-hybridized carbons (Fsp3) is 0.545. The van der Waals surface area contributed by atoms with E-state index in [2.05, 4.69) is 35.9 Å². The van der Waals surface area contributed by atoms with E-state index in [1.165, 1.54) is 12.8 Å². The van der Waals surface area contributed by atoms with Crippen LogP contribution >= 0.6 is 15.9 Å². The summed E-state index contributed by atoms with van der Waals surface area (Å²) in [4.78, 5) is 11.6. The van der Waals surface area contributed by atoms with Crippen LogP contribution in [0, 0.1) is 0 Å². The number of aromatic nitrogens is 4. The molecule has 1 saturated heterocycles. The minimum atomic E-state index is 0.554. The molecule has 2 aromatic rings. The zero-order chi connectivity index (χ0) is 11.8. The summed E-state index contributed by atoms with van der Waals surface area (Å²) in [6, 6.07) is 0. The van der Waals surface area contributed by atoms with Crippen molar-refractivity contribution in [1.82, 2.24) is 19.7 Å². The largest absolute Gasteiger partial charge is 0.355 e. The lowest BCUT2D eigenvalue weighted by atomic mass is 10.1. The van der Waals surface area contributed by atoms with Crippen LogP contribution in [0.25, 0.3) is 11.0 Å². The second-order valence-corrected chi connectivity index (χ2v) is 5.68. The molecule has 1 aliphatic rings. The van der Waals surface area contributed by atoms with Crippen molar-refractivity contribution < 1.29 is 0 Å². The number of fused-ring (bicyclic) bond motifs is 1. The molecular formula is C11H14BrN5. The number of hydrogen-bond acceptors (Lipinski definition) is 4. The zero-order valence-electron chi connectivity index (χ0n) is 9.67. The highest BCUT2D eigenvalue weighted by atomic mass is 79.9. The summed E-state index contributed by atoms with van der Waals surface area (Å²) in [7, 11) is 1.91. The van der Waals surface area contributed by atoms with Crippen molar-refractivity contribution in [2.24, 2.45) is 7.05 Å². The lowest BCUT2D eigenvalue weighted by molar-refractivity contribution is 0.592. The maximum Gasteiger partial charge on any atom is 0.163 e. The minimum absolute atomic E-state index is 0.554. The van der Waals surface area contributed by atoms with E-state index in [4.69, 9.17) is 0 Å². The Labute approximate surface area is 108 Å². The molecule has 2 aromatic heterocycles. The predicted octanol–water partition coefficient (Wildman–Crippen LogP) is 1.73. The van der Waals surface area contributed by atoms with Gasteiger partial charge in [-0.1, -0.05) is 15.9 Å². The molecule has 3 rings (SSSR count). The molecular weight excluding hydrogens is 282 g/mol. The lowest BCUT2D eigenvalue weighted by Gasteiger charge is -2.31. The van der Waals surface area contributed by atoms with Gasteiger partial charge in [-0.15, -0.1) is 0 Å². The van der Waals surface area contributed by atoms with Gasteiger partial charge in [0.15, 0.2) is 5.65 Å². The van der Waals surface area contributed by atoms with Gasteiger partial charge in [0.1, 0.15) is 12.1 Å². The van der Waals surface area contributed by atoms with Crippen molar-refractivity contribution in [3.8, 4) is 0 Å². The van der Waals surface area contributed by atoms with Gasteiger partial charge in [-0.25, -0.2) is 9.97 Å². The number of halogens is 1. The summed E-state index contributed by atoms with van der Waals surface area (Å²) in [6.45, 7) is 2.06. The molecule has 0 aliphatic carbocycles. The van der Waals surface area contributed by atoms with Crippen LogP contribution in [-0.4, -0.2) is 37.7 Å². The van der Waals surface area contributed by atoms with Gasteiger partial charge in [0.05, 0.1) is 11.6 Å². The molecule has 1 atom stereocenters. The van der Waals surface area contributed by atoms with Gasteiger partial charge in [-0.05, 0) is 12.8 Å². The van der Waals surface area contributed by atoms with E-state index in [9.17, 15) is 0 Å². The Kier molecular flexibility index (Phi) is 2.74. The molecule has 17 heavy (non-hydrogen) atoms. The highest BCUT2D eigenvalue weighted by molar-refractivity contribution is 9.09. The fourth-order valence-electron chi connectivity index (χ4n) is 2.32. The second-order valence-electron chi connectivity index (χ2n) is 4.39. The summed E-state index contributed by atoms with van der Waals surface area (Å²) < 4.78 is 1.79. The molecule has 0 spiro atoms. The first-order chi connectivity index (χ1) is 8.25. The smallest absolute Gasteiger partial charge is 0.163 e. The first-order valence-corrected chi connectivity index (χ1v) is 6.69. The van der Waals surface area contributed by atoms with Crippen molar-refractivity contribution in [1.29, 1.82) is 0 Å². The van der Waals surface area contributed by atoms with Crippen LogP contribution < -0.4 is 4.90 Å². The molecule has 5 nitrogen and oxygen atoms in total. The summed E-state index contributed by atoms with van der Waals surface area (Å²) in [6.07, 6.45) is 5.90. The maximum atomic E-state index is 4.42. The monoisotopic (exact) mass is 295 g/mol. The van der Waals surface area contributed by atoms with Crippen molar-refractivity contribution in [2.75, 3.05) is 18.0 Å². The van der Waals surface area contributed by atoms with Crippen LogP contribution in [0.15, 0.2) is 12.5 Å². The summed E-state index contributed by atoms with van der Waals surface area (Å²) in [5, 5.41) is 5.28. The van der Waals surface area contributed by atoms with Crippen molar-refractivity contribution >= 4 is 32.8 Å². The summed E-state index contributed by atoms with van der Waals surface area (Å²) >= 11 is 3.69. The van der Waals surface area contributed by atoms with Gasteiger partial charge in [-0.2, -0.15) is 5.10 Å². The molecule has 1 aliphatic heterocycles. The van der Waals surface area contributed by atoms with E-state index in [-0.39, 0.29) is 0 Å². The van der Waals surface area contributed by atoms with Gasteiger partial charge in [0.25, 0.3) is 0 Å². The molecule has 3 heterocycles. The lowest BCUT2D eigenvalue weighted by Crippen LogP contribution is -2.36. The maximum absolute atomic E-state index is 4.42. The van der Waals surface area contributed by atoms with Crippen LogP contribution in [0.4, 0.5) is 5.82 Å². The third-order valence-electron chi connectivity index (χ3n) is 3.17. The highest BCUT2D eigenvalue weighted by Gasteiger charge is 2.21. The molecule has 0 saturated carbocycles. The van der Waals surface area contributed by atoms with Crippen LogP contribution in [0.2, 0.25) is 0 Å². The van der Waals surface area contributed by atoms with E-state index in [1.54, 1.807) is 11.0 Å². The first kappa shape index (κ1) is 11.0. The van der Waals surface area contributed by atoms with E-state index in [1.807, 2.05) is 13.2 Å². The van der Waals surface area contributed by atoms with Crippen molar-refractivity contribution in [3.05, 3.63) is 12.5 Å². The van der Waals surface area contributed by atoms with E-state index in [0.717, 1.165) is 29.9 Å². The van der Waals surface area contributed by atoms with Gasteiger partial charge in [0, 0.05) is 25.0 Å². The van der Waals surface area contributed by atoms with Crippen LogP contribution in [-0.2, 0) is 7.05 Å². The predicted molar refractivity (Wildman–Crippen MR) is 70.5 cm³/mol. The Morgan fingerprint density at radius 2 is 2.29 bits per heavy atom. The molecule has 1 fully saturated rings. The van der Waals surface area contributed by atoms with Crippen molar-refractivity contribution in [3.63, 3.8) is 0 Å². The van der Waals surface area contributed by atoms with Gasteiger partial charge in [0.2, 0.25) is 0 Å². The van der Waals surface area contributed by atoms with Crippen molar-refractivity contribution in [2.45, 2.75) is 17.7 Å². The zero-order valence-corrected chi connectivity index (χ0v) is 11.3. The Balaban J connectivity index is 2.04. The number of hydrogen-bond donors (Lipinski definition) is 0. The number of nitrogens with zero attached hydrogens (tertiary/aromatic N) is 5. The highest BCUT2D eigenvalue weighted by Crippen LogP contribution is 2.26. The number of anilines is 1. The number of aryl methyl sites for hydroxylation is 1. The molecule has 0 radical (unpaired) electrons. The molecule has 6 heteroatoms. The number of piperidine rings is 1.